The highest BCUT2D eigenvalue weighted by Gasteiger charge is 2.18. The van der Waals surface area contributed by atoms with Gasteiger partial charge in [0, 0.05) is 19.0 Å². The van der Waals surface area contributed by atoms with Crippen molar-refractivity contribution in [2.75, 3.05) is 13.1 Å². The largest absolute Gasteiger partial charge is 0.342 e. The highest BCUT2D eigenvalue weighted by molar-refractivity contribution is 5.85. The SMILES string of the molecule is CC(C)CN(CC(C)C)C(=O)C(C)C.Cl.Cl. The fourth-order valence-electron chi connectivity index (χ4n) is 1.50. The molecule has 0 aliphatic heterocycles. The molecule has 0 aromatic heterocycles. The topological polar surface area (TPSA) is 20.3 Å². The minimum Gasteiger partial charge on any atom is -0.342 e. The van der Waals surface area contributed by atoms with E-state index in [0.29, 0.717) is 11.8 Å². The van der Waals surface area contributed by atoms with E-state index in [1.54, 1.807) is 0 Å². The summed E-state index contributed by atoms with van der Waals surface area (Å²) in [4.78, 5) is 13.8. The molecule has 0 aromatic rings. The second-order valence-corrected chi connectivity index (χ2v) is 5.19. The second kappa shape index (κ2) is 10.2. The lowest BCUT2D eigenvalue weighted by Crippen LogP contribution is -2.39. The zero-order chi connectivity index (χ0) is 11.3. The molecular formula is C12H27Cl2NO. The maximum Gasteiger partial charge on any atom is 0.225 e. The molecule has 0 heterocycles. The van der Waals surface area contributed by atoms with Gasteiger partial charge in [0.2, 0.25) is 5.91 Å². The first kappa shape index (κ1) is 21.3. The van der Waals surface area contributed by atoms with Crippen molar-refractivity contribution in [3.05, 3.63) is 0 Å². The fraction of sp³-hybridized carbons (Fsp3) is 0.917. The first-order valence-corrected chi connectivity index (χ1v) is 5.63. The number of amides is 1. The smallest absolute Gasteiger partial charge is 0.225 e. The third-order valence-corrected chi connectivity index (χ3v) is 1.98. The lowest BCUT2D eigenvalue weighted by molar-refractivity contribution is -0.135. The third-order valence-electron chi connectivity index (χ3n) is 1.98. The van der Waals surface area contributed by atoms with E-state index in [1.165, 1.54) is 0 Å². The highest BCUT2D eigenvalue weighted by Crippen LogP contribution is 2.08. The van der Waals surface area contributed by atoms with Gasteiger partial charge in [-0.15, -0.1) is 24.8 Å². The number of halogens is 2. The zero-order valence-corrected chi connectivity index (χ0v) is 13.0. The van der Waals surface area contributed by atoms with Crippen LogP contribution in [-0.4, -0.2) is 23.9 Å². The molecule has 4 heteroatoms. The fourth-order valence-corrected chi connectivity index (χ4v) is 1.50. The summed E-state index contributed by atoms with van der Waals surface area (Å²) in [5.74, 6) is 1.51. The van der Waals surface area contributed by atoms with Crippen molar-refractivity contribution < 1.29 is 4.79 Å². The molecule has 100 valence electrons. The average molecular weight is 272 g/mol. The van der Waals surface area contributed by atoms with Crippen molar-refractivity contribution in [1.82, 2.24) is 4.90 Å². The third kappa shape index (κ3) is 9.29. The molecule has 0 radical (unpaired) electrons. The summed E-state index contributed by atoms with van der Waals surface area (Å²) in [7, 11) is 0. The van der Waals surface area contributed by atoms with Gasteiger partial charge >= 0.3 is 0 Å². The van der Waals surface area contributed by atoms with Crippen LogP contribution in [0.1, 0.15) is 41.5 Å². The second-order valence-electron chi connectivity index (χ2n) is 5.19. The molecule has 16 heavy (non-hydrogen) atoms. The molecule has 0 saturated carbocycles. The lowest BCUT2D eigenvalue weighted by Gasteiger charge is -2.28. The standard InChI is InChI=1S/C12H25NO.2ClH/c1-9(2)7-13(8-10(3)4)12(14)11(5)6;;/h9-11H,7-8H2,1-6H3;2*1H. The van der Waals surface area contributed by atoms with Gasteiger partial charge in [0.1, 0.15) is 0 Å². The van der Waals surface area contributed by atoms with E-state index in [1.807, 2.05) is 18.7 Å². The molecule has 0 bridgehead atoms. The molecule has 2 nitrogen and oxygen atoms in total. The maximum atomic E-state index is 11.8. The van der Waals surface area contributed by atoms with Gasteiger partial charge in [-0.25, -0.2) is 0 Å². The average Bonchev–Trinajstić information content (AvgIpc) is 1.99. The number of hydrogen-bond donors (Lipinski definition) is 0. The van der Waals surface area contributed by atoms with Crippen molar-refractivity contribution in [2.45, 2.75) is 41.5 Å². The summed E-state index contributed by atoms with van der Waals surface area (Å²) < 4.78 is 0. The highest BCUT2D eigenvalue weighted by atomic mass is 35.5. The first-order chi connectivity index (χ1) is 6.34. The van der Waals surface area contributed by atoms with Crippen LogP contribution in [0, 0.1) is 17.8 Å². The first-order valence-electron chi connectivity index (χ1n) is 5.63. The van der Waals surface area contributed by atoms with E-state index < -0.39 is 0 Å². The van der Waals surface area contributed by atoms with Gasteiger partial charge < -0.3 is 4.90 Å². The van der Waals surface area contributed by atoms with Crippen LogP contribution in [0.25, 0.3) is 0 Å². The normalized spacial score (nSPS) is 10.1. The molecule has 1 amide bonds. The number of hydrogen-bond acceptors (Lipinski definition) is 1. The van der Waals surface area contributed by atoms with Gasteiger partial charge in [0.05, 0.1) is 0 Å². The van der Waals surface area contributed by atoms with Crippen LogP contribution in [0.5, 0.6) is 0 Å². The molecule has 0 aliphatic rings. The van der Waals surface area contributed by atoms with Gasteiger partial charge in [0.25, 0.3) is 0 Å². The quantitative estimate of drug-likeness (QED) is 0.748. The summed E-state index contributed by atoms with van der Waals surface area (Å²) in [5, 5.41) is 0. The molecule has 0 atom stereocenters. The Morgan fingerprint density at radius 1 is 0.875 bits per heavy atom. The Hall–Kier alpha value is 0.0500. The number of carbonyl (C=O) groups excluding carboxylic acids is 1. The maximum absolute atomic E-state index is 11.8. The van der Waals surface area contributed by atoms with E-state index in [9.17, 15) is 4.79 Å². The Morgan fingerprint density at radius 2 is 1.19 bits per heavy atom. The minimum absolute atomic E-state index is 0. The predicted octanol–water partition coefficient (Wildman–Crippen LogP) is 3.63. The van der Waals surface area contributed by atoms with E-state index in [0.717, 1.165) is 13.1 Å². The number of nitrogens with zero attached hydrogens (tertiary/aromatic N) is 1. The Morgan fingerprint density at radius 3 is 1.38 bits per heavy atom. The summed E-state index contributed by atoms with van der Waals surface area (Å²) in [5.41, 5.74) is 0. The van der Waals surface area contributed by atoms with Crippen LogP contribution >= 0.6 is 24.8 Å². The van der Waals surface area contributed by atoms with Crippen molar-refractivity contribution in [1.29, 1.82) is 0 Å². The predicted molar refractivity (Wildman–Crippen MR) is 75.6 cm³/mol. The Kier molecular flexibility index (Phi) is 13.6. The van der Waals surface area contributed by atoms with Crippen molar-refractivity contribution in [3.63, 3.8) is 0 Å². The molecule has 0 aliphatic carbocycles. The lowest BCUT2D eigenvalue weighted by atomic mass is 10.1. The summed E-state index contributed by atoms with van der Waals surface area (Å²) in [6.07, 6.45) is 0. The van der Waals surface area contributed by atoms with Crippen molar-refractivity contribution >= 4 is 30.7 Å². The summed E-state index contributed by atoms with van der Waals surface area (Å²) in [6, 6.07) is 0. The molecule has 0 N–H and O–H groups in total. The summed E-state index contributed by atoms with van der Waals surface area (Å²) in [6.45, 7) is 14.3. The van der Waals surface area contributed by atoms with Crippen LogP contribution < -0.4 is 0 Å². The van der Waals surface area contributed by atoms with Crippen molar-refractivity contribution in [2.24, 2.45) is 17.8 Å². The van der Waals surface area contributed by atoms with Crippen molar-refractivity contribution in [3.8, 4) is 0 Å². The molecule has 0 aromatic carbocycles. The molecular weight excluding hydrogens is 245 g/mol. The van der Waals surface area contributed by atoms with Gasteiger partial charge in [0.15, 0.2) is 0 Å². The molecule has 0 unspecified atom stereocenters. The van der Waals surface area contributed by atoms with Crippen LogP contribution in [0.3, 0.4) is 0 Å². The zero-order valence-electron chi connectivity index (χ0n) is 11.3. The van der Waals surface area contributed by atoms with Gasteiger partial charge in [-0.05, 0) is 11.8 Å². The molecule has 0 rings (SSSR count). The number of carbonyl (C=O) groups is 1. The Bertz CT molecular complexity index is 172. The van der Waals surface area contributed by atoms with Crippen LogP contribution in [-0.2, 0) is 4.79 Å². The van der Waals surface area contributed by atoms with Crippen LogP contribution in [0.4, 0.5) is 0 Å². The van der Waals surface area contributed by atoms with Crippen LogP contribution in [0.15, 0.2) is 0 Å². The number of rotatable bonds is 5. The Balaban J connectivity index is -0.000000845. The monoisotopic (exact) mass is 271 g/mol. The minimum atomic E-state index is 0. The van der Waals surface area contributed by atoms with Gasteiger partial charge in [-0.1, -0.05) is 41.5 Å². The van der Waals surface area contributed by atoms with E-state index in [4.69, 9.17) is 0 Å². The van der Waals surface area contributed by atoms with Crippen LogP contribution in [0.2, 0.25) is 0 Å². The molecule has 0 fully saturated rings. The van der Waals surface area contributed by atoms with E-state index in [-0.39, 0.29) is 36.6 Å². The van der Waals surface area contributed by atoms with Gasteiger partial charge in [-0.2, -0.15) is 0 Å². The summed E-state index contributed by atoms with van der Waals surface area (Å²) >= 11 is 0. The molecule has 0 spiro atoms. The Labute approximate surface area is 113 Å². The van der Waals surface area contributed by atoms with E-state index in [2.05, 4.69) is 27.7 Å². The van der Waals surface area contributed by atoms with Gasteiger partial charge in [-0.3, -0.25) is 4.79 Å². The molecule has 0 saturated heterocycles. The van der Waals surface area contributed by atoms with E-state index >= 15 is 0 Å².